The Labute approximate surface area is 124 Å². The highest BCUT2D eigenvalue weighted by atomic mass is 79.9. The van der Waals surface area contributed by atoms with Crippen molar-refractivity contribution in [2.24, 2.45) is 5.92 Å². The summed E-state index contributed by atoms with van der Waals surface area (Å²) in [6, 6.07) is 15.5. The van der Waals surface area contributed by atoms with Crippen LogP contribution in [0.25, 0.3) is 10.8 Å². The first-order valence-electron chi connectivity index (χ1n) is 7.43. The molecule has 0 amide bonds. The Balaban J connectivity index is 1.66. The van der Waals surface area contributed by atoms with E-state index in [2.05, 4.69) is 58.4 Å². The first-order valence-corrected chi connectivity index (χ1v) is 8.34. The number of alkyl halides is 1. The van der Waals surface area contributed by atoms with Crippen LogP contribution in [0.3, 0.4) is 0 Å². The summed E-state index contributed by atoms with van der Waals surface area (Å²) in [6.07, 6.45) is 8.27. The summed E-state index contributed by atoms with van der Waals surface area (Å²) >= 11 is 3.89. The van der Waals surface area contributed by atoms with Crippen LogP contribution in [0, 0.1) is 5.92 Å². The molecule has 1 atom stereocenters. The van der Waals surface area contributed by atoms with Crippen molar-refractivity contribution in [3.63, 3.8) is 0 Å². The molecule has 0 saturated heterocycles. The fourth-order valence-corrected chi connectivity index (χ4v) is 4.22. The Kier molecular flexibility index (Phi) is 4.22. The molecule has 0 bridgehead atoms. The molecule has 1 aliphatic carbocycles. The van der Waals surface area contributed by atoms with Gasteiger partial charge in [-0.05, 0) is 35.1 Å². The van der Waals surface area contributed by atoms with Crippen LogP contribution in [0.15, 0.2) is 42.5 Å². The van der Waals surface area contributed by atoms with Gasteiger partial charge in [-0.25, -0.2) is 0 Å². The Morgan fingerprint density at radius 3 is 2.53 bits per heavy atom. The average molecular weight is 317 g/mol. The fourth-order valence-electron chi connectivity index (χ4n) is 3.31. The number of halogens is 1. The van der Waals surface area contributed by atoms with Gasteiger partial charge in [0.05, 0.1) is 0 Å². The maximum Gasteiger partial charge on any atom is 0.0188 e. The lowest BCUT2D eigenvalue weighted by molar-refractivity contribution is 0.495. The van der Waals surface area contributed by atoms with E-state index in [1.165, 1.54) is 48.4 Å². The molecule has 1 unspecified atom stereocenters. The van der Waals surface area contributed by atoms with Crippen LogP contribution < -0.4 is 0 Å². The fraction of sp³-hybridized carbons (Fsp3) is 0.444. The molecule has 100 valence electrons. The molecule has 0 radical (unpaired) electrons. The molecule has 1 aliphatic rings. The standard InChI is InChI=1S/C18H21Br/c19-18(12-14-5-1-2-6-14)13-15-9-10-16-7-3-4-8-17(16)11-15/h3-4,7-11,14,18H,1-2,5-6,12-13H2. The molecule has 0 aromatic heterocycles. The summed E-state index contributed by atoms with van der Waals surface area (Å²) in [5.41, 5.74) is 1.46. The summed E-state index contributed by atoms with van der Waals surface area (Å²) in [5, 5.41) is 2.70. The van der Waals surface area contributed by atoms with E-state index in [4.69, 9.17) is 0 Å². The zero-order valence-electron chi connectivity index (χ0n) is 11.3. The molecular weight excluding hydrogens is 296 g/mol. The van der Waals surface area contributed by atoms with E-state index in [1.807, 2.05) is 0 Å². The lowest BCUT2D eigenvalue weighted by Gasteiger charge is -2.15. The topological polar surface area (TPSA) is 0 Å². The monoisotopic (exact) mass is 316 g/mol. The van der Waals surface area contributed by atoms with Crippen molar-refractivity contribution in [2.75, 3.05) is 0 Å². The van der Waals surface area contributed by atoms with E-state index in [9.17, 15) is 0 Å². The van der Waals surface area contributed by atoms with E-state index < -0.39 is 0 Å². The van der Waals surface area contributed by atoms with Crippen molar-refractivity contribution < 1.29 is 0 Å². The third kappa shape index (κ3) is 3.39. The van der Waals surface area contributed by atoms with E-state index >= 15 is 0 Å². The van der Waals surface area contributed by atoms with Gasteiger partial charge in [-0.1, -0.05) is 84.1 Å². The van der Waals surface area contributed by atoms with Crippen LogP contribution in [0.1, 0.15) is 37.7 Å². The second kappa shape index (κ2) is 6.09. The average Bonchev–Trinajstić information content (AvgIpc) is 2.91. The van der Waals surface area contributed by atoms with Crippen molar-refractivity contribution in [2.45, 2.75) is 43.4 Å². The van der Waals surface area contributed by atoms with Crippen LogP contribution in [-0.2, 0) is 6.42 Å². The van der Waals surface area contributed by atoms with Gasteiger partial charge in [0.15, 0.2) is 0 Å². The van der Waals surface area contributed by atoms with E-state index in [-0.39, 0.29) is 0 Å². The van der Waals surface area contributed by atoms with E-state index in [1.54, 1.807) is 0 Å². The molecule has 0 spiro atoms. The Morgan fingerprint density at radius 1 is 1.00 bits per heavy atom. The second-order valence-corrected chi connectivity index (χ2v) is 7.16. The van der Waals surface area contributed by atoms with E-state index in [0.717, 1.165) is 12.3 Å². The lowest BCUT2D eigenvalue weighted by Crippen LogP contribution is -2.08. The summed E-state index contributed by atoms with van der Waals surface area (Å²) in [6.45, 7) is 0. The second-order valence-electron chi connectivity index (χ2n) is 5.87. The van der Waals surface area contributed by atoms with Crippen LogP contribution >= 0.6 is 15.9 Å². The molecule has 0 heterocycles. The van der Waals surface area contributed by atoms with Crippen LogP contribution in [-0.4, -0.2) is 4.83 Å². The first-order chi connectivity index (χ1) is 9.31. The molecule has 3 rings (SSSR count). The molecule has 1 fully saturated rings. The first kappa shape index (κ1) is 13.2. The molecule has 0 aliphatic heterocycles. The Hall–Kier alpha value is -0.820. The Morgan fingerprint density at radius 2 is 1.74 bits per heavy atom. The number of fused-ring (bicyclic) bond motifs is 1. The van der Waals surface area contributed by atoms with Gasteiger partial charge < -0.3 is 0 Å². The maximum absolute atomic E-state index is 3.89. The van der Waals surface area contributed by atoms with Crippen molar-refractivity contribution in [1.29, 1.82) is 0 Å². The summed E-state index contributed by atoms with van der Waals surface area (Å²) in [5.74, 6) is 0.963. The third-order valence-corrected chi connectivity index (χ3v) is 5.03. The molecule has 1 saturated carbocycles. The quantitative estimate of drug-likeness (QED) is 0.632. The predicted octanol–water partition coefficient (Wildman–Crippen LogP) is 5.73. The number of hydrogen-bond acceptors (Lipinski definition) is 0. The smallest absolute Gasteiger partial charge is 0.0188 e. The normalized spacial score (nSPS) is 17.9. The highest BCUT2D eigenvalue weighted by molar-refractivity contribution is 9.09. The maximum atomic E-state index is 3.89. The number of rotatable bonds is 4. The molecule has 1 heteroatoms. The minimum atomic E-state index is 0.636. The summed E-state index contributed by atoms with van der Waals surface area (Å²) < 4.78 is 0. The molecule has 2 aromatic carbocycles. The molecular formula is C18H21Br. The van der Waals surface area contributed by atoms with Gasteiger partial charge in [0.1, 0.15) is 0 Å². The zero-order chi connectivity index (χ0) is 13.1. The molecule has 19 heavy (non-hydrogen) atoms. The highest BCUT2D eigenvalue weighted by Gasteiger charge is 2.18. The Bertz CT molecular complexity index is 540. The highest BCUT2D eigenvalue weighted by Crippen LogP contribution is 2.31. The van der Waals surface area contributed by atoms with Gasteiger partial charge in [0, 0.05) is 4.83 Å². The zero-order valence-corrected chi connectivity index (χ0v) is 12.9. The summed E-state index contributed by atoms with van der Waals surface area (Å²) in [7, 11) is 0. The predicted molar refractivity (Wildman–Crippen MR) is 86.9 cm³/mol. The van der Waals surface area contributed by atoms with Crippen molar-refractivity contribution >= 4 is 26.7 Å². The van der Waals surface area contributed by atoms with Crippen molar-refractivity contribution in [3.05, 3.63) is 48.0 Å². The third-order valence-electron chi connectivity index (χ3n) is 4.33. The van der Waals surface area contributed by atoms with Crippen LogP contribution in [0.5, 0.6) is 0 Å². The van der Waals surface area contributed by atoms with Gasteiger partial charge in [0.2, 0.25) is 0 Å². The van der Waals surface area contributed by atoms with Crippen LogP contribution in [0.2, 0.25) is 0 Å². The van der Waals surface area contributed by atoms with Crippen molar-refractivity contribution in [3.8, 4) is 0 Å². The molecule has 2 aromatic rings. The van der Waals surface area contributed by atoms with Crippen LogP contribution in [0.4, 0.5) is 0 Å². The van der Waals surface area contributed by atoms with Crippen molar-refractivity contribution in [1.82, 2.24) is 0 Å². The van der Waals surface area contributed by atoms with E-state index in [0.29, 0.717) is 4.83 Å². The number of benzene rings is 2. The van der Waals surface area contributed by atoms with Gasteiger partial charge in [-0.15, -0.1) is 0 Å². The van der Waals surface area contributed by atoms with Gasteiger partial charge in [-0.2, -0.15) is 0 Å². The summed E-state index contributed by atoms with van der Waals surface area (Å²) in [4.78, 5) is 0.636. The number of hydrogen-bond donors (Lipinski definition) is 0. The largest absolute Gasteiger partial charge is 0.0887 e. The van der Waals surface area contributed by atoms with Gasteiger partial charge >= 0.3 is 0 Å². The lowest BCUT2D eigenvalue weighted by atomic mass is 9.97. The SMILES string of the molecule is BrC(Cc1ccc2ccccc2c1)CC1CCCC1. The molecule has 0 N–H and O–H groups in total. The minimum Gasteiger partial charge on any atom is -0.0887 e. The molecule has 0 nitrogen and oxygen atoms in total. The minimum absolute atomic E-state index is 0.636. The van der Waals surface area contributed by atoms with Gasteiger partial charge in [-0.3, -0.25) is 0 Å². The van der Waals surface area contributed by atoms with Gasteiger partial charge in [0.25, 0.3) is 0 Å².